The van der Waals surface area contributed by atoms with Gasteiger partial charge in [0.05, 0.1) is 17.7 Å². The molecule has 0 saturated heterocycles. The van der Waals surface area contributed by atoms with Crippen molar-refractivity contribution >= 4 is 27.5 Å². The Balaban J connectivity index is 1.54. The Morgan fingerprint density at radius 3 is 2.07 bits per heavy atom. The molecule has 0 aliphatic heterocycles. The maximum absolute atomic E-state index is 14.5. The van der Waals surface area contributed by atoms with Gasteiger partial charge in [-0.1, -0.05) is 73.5 Å². The quantitative estimate of drug-likeness (QED) is 0.201. The summed E-state index contributed by atoms with van der Waals surface area (Å²) >= 11 is 0. The smallest absolute Gasteiger partial charge is 0.264 e. The fourth-order valence-corrected chi connectivity index (χ4v) is 7.12. The molecule has 1 fully saturated rings. The summed E-state index contributed by atoms with van der Waals surface area (Å²) in [5, 5.41) is 3.14. The first-order valence-electron chi connectivity index (χ1n) is 15.3. The fourth-order valence-electron chi connectivity index (χ4n) is 5.71. The van der Waals surface area contributed by atoms with Crippen molar-refractivity contribution in [3.8, 4) is 5.75 Å². The van der Waals surface area contributed by atoms with Crippen LogP contribution in [-0.4, -0.2) is 50.9 Å². The Morgan fingerprint density at radius 1 is 0.848 bits per heavy atom. The summed E-state index contributed by atoms with van der Waals surface area (Å²) in [6, 6.07) is 28.5. The molecular formula is C36H38FN3O5S. The second-order valence-electron chi connectivity index (χ2n) is 11.4. The summed E-state index contributed by atoms with van der Waals surface area (Å²) in [6.45, 7) is -0.596. The van der Waals surface area contributed by atoms with E-state index in [1.807, 2.05) is 30.3 Å². The van der Waals surface area contributed by atoms with E-state index in [1.165, 1.54) is 36.3 Å². The maximum Gasteiger partial charge on any atom is 0.264 e. The van der Waals surface area contributed by atoms with Gasteiger partial charge in [-0.25, -0.2) is 12.8 Å². The number of carbonyl (C=O) groups excluding carboxylic acids is 2. The van der Waals surface area contributed by atoms with Crippen molar-refractivity contribution in [1.29, 1.82) is 0 Å². The lowest BCUT2D eigenvalue weighted by atomic mass is 10.0. The van der Waals surface area contributed by atoms with Gasteiger partial charge in [0.1, 0.15) is 24.2 Å². The lowest BCUT2D eigenvalue weighted by molar-refractivity contribution is -0.140. The number of nitrogens with zero attached hydrogens (tertiary/aromatic N) is 2. The molecule has 0 heterocycles. The minimum Gasteiger partial charge on any atom is -0.497 e. The predicted octanol–water partition coefficient (Wildman–Crippen LogP) is 5.73. The number of carbonyl (C=O) groups is 2. The predicted molar refractivity (Wildman–Crippen MR) is 175 cm³/mol. The van der Waals surface area contributed by atoms with E-state index in [0.29, 0.717) is 17.0 Å². The number of methoxy groups -OCH3 is 1. The second kappa shape index (κ2) is 15.1. The first-order valence-corrected chi connectivity index (χ1v) is 16.8. The number of para-hydroxylation sites is 1. The Labute approximate surface area is 269 Å². The van der Waals surface area contributed by atoms with Crippen molar-refractivity contribution in [2.75, 3.05) is 18.0 Å². The largest absolute Gasteiger partial charge is 0.497 e. The molecule has 1 aliphatic carbocycles. The molecule has 0 spiro atoms. The summed E-state index contributed by atoms with van der Waals surface area (Å²) in [7, 11) is -2.74. The third-order valence-corrected chi connectivity index (χ3v) is 10.00. The van der Waals surface area contributed by atoms with Crippen LogP contribution in [-0.2, 0) is 32.6 Å². The van der Waals surface area contributed by atoms with E-state index < -0.39 is 34.3 Å². The van der Waals surface area contributed by atoms with Gasteiger partial charge in [-0.05, 0) is 72.5 Å². The van der Waals surface area contributed by atoms with E-state index in [0.717, 1.165) is 35.6 Å². The van der Waals surface area contributed by atoms with Crippen LogP contribution in [0.15, 0.2) is 114 Å². The van der Waals surface area contributed by atoms with Gasteiger partial charge in [0.25, 0.3) is 10.0 Å². The topological polar surface area (TPSA) is 96.0 Å². The number of anilines is 1. The van der Waals surface area contributed by atoms with Gasteiger partial charge in [0, 0.05) is 19.0 Å². The van der Waals surface area contributed by atoms with Gasteiger partial charge in [-0.2, -0.15) is 0 Å². The van der Waals surface area contributed by atoms with Crippen molar-refractivity contribution in [2.45, 2.75) is 55.6 Å². The second-order valence-corrected chi connectivity index (χ2v) is 13.2. The highest BCUT2D eigenvalue weighted by Gasteiger charge is 2.35. The maximum atomic E-state index is 14.5. The highest BCUT2D eigenvalue weighted by Crippen LogP contribution is 2.26. The molecule has 0 radical (unpaired) electrons. The molecule has 8 nitrogen and oxygen atoms in total. The monoisotopic (exact) mass is 643 g/mol. The van der Waals surface area contributed by atoms with Crippen LogP contribution in [0.2, 0.25) is 0 Å². The van der Waals surface area contributed by atoms with Crippen molar-refractivity contribution < 1.29 is 27.1 Å². The standard InChI is InChI=1S/C36H38FN3O5S/c1-45-32-20-22-33(23-21-32)46(43,44)40(31-14-6-3-7-15-31)26-35(41)39(25-28-16-18-29(37)19-17-28)34(24-27-10-4-2-5-11-27)36(42)38-30-12-8-9-13-30/h2-7,10-11,14-23,30,34H,8-9,12-13,24-26H2,1H3,(H,38,42). The number of halogens is 1. The molecule has 1 atom stereocenters. The summed E-state index contributed by atoms with van der Waals surface area (Å²) in [4.78, 5) is 29.9. The Bertz CT molecular complexity index is 1700. The van der Waals surface area contributed by atoms with Crippen LogP contribution >= 0.6 is 0 Å². The average molecular weight is 644 g/mol. The van der Waals surface area contributed by atoms with Gasteiger partial charge in [0.2, 0.25) is 11.8 Å². The van der Waals surface area contributed by atoms with E-state index in [4.69, 9.17) is 4.74 Å². The minimum absolute atomic E-state index is 0.00446. The molecule has 4 aromatic rings. The Morgan fingerprint density at radius 2 is 1.46 bits per heavy atom. The molecule has 10 heteroatoms. The number of benzene rings is 4. The lowest BCUT2D eigenvalue weighted by Gasteiger charge is -2.34. The zero-order chi connectivity index (χ0) is 32.5. The summed E-state index contributed by atoms with van der Waals surface area (Å²) in [5.41, 5.74) is 1.74. The number of ether oxygens (including phenoxy) is 1. The average Bonchev–Trinajstić information content (AvgIpc) is 3.59. The normalized spacial score (nSPS) is 14.0. The summed E-state index contributed by atoms with van der Waals surface area (Å²) in [6.07, 6.45) is 3.96. The van der Waals surface area contributed by atoms with Gasteiger partial charge in [0.15, 0.2) is 0 Å². The first-order chi connectivity index (χ1) is 22.2. The third-order valence-electron chi connectivity index (χ3n) is 8.21. The Kier molecular flexibility index (Phi) is 10.7. The van der Waals surface area contributed by atoms with E-state index in [2.05, 4.69) is 5.32 Å². The zero-order valence-electron chi connectivity index (χ0n) is 25.7. The van der Waals surface area contributed by atoms with Crippen LogP contribution in [0.4, 0.5) is 10.1 Å². The minimum atomic E-state index is -4.23. The molecule has 1 N–H and O–H groups in total. The van der Waals surface area contributed by atoms with Crippen molar-refractivity contribution in [1.82, 2.24) is 10.2 Å². The van der Waals surface area contributed by atoms with Crippen molar-refractivity contribution in [3.63, 3.8) is 0 Å². The van der Waals surface area contributed by atoms with Crippen molar-refractivity contribution in [2.24, 2.45) is 0 Å². The number of nitrogens with one attached hydrogen (secondary N) is 1. The van der Waals surface area contributed by atoms with Gasteiger partial charge in [-0.15, -0.1) is 0 Å². The molecule has 1 unspecified atom stereocenters. The number of hydrogen-bond acceptors (Lipinski definition) is 5. The lowest BCUT2D eigenvalue weighted by Crippen LogP contribution is -2.54. The SMILES string of the molecule is COc1ccc(S(=O)(=O)N(CC(=O)N(Cc2ccc(F)cc2)C(Cc2ccccc2)C(=O)NC2CCCC2)c2ccccc2)cc1. The third kappa shape index (κ3) is 8.11. The molecule has 2 amide bonds. The van der Waals surface area contributed by atoms with Crippen LogP contribution in [0, 0.1) is 5.82 Å². The molecule has 46 heavy (non-hydrogen) atoms. The molecule has 240 valence electrons. The first kappa shape index (κ1) is 32.7. The highest BCUT2D eigenvalue weighted by atomic mass is 32.2. The van der Waals surface area contributed by atoms with E-state index in [9.17, 15) is 22.4 Å². The molecule has 4 aromatic carbocycles. The van der Waals surface area contributed by atoms with E-state index >= 15 is 0 Å². The van der Waals surface area contributed by atoms with Crippen molar-refractivity contribution in [3.05, 3.63) is 126 Å². The van der Waals surface area contributed by atoms with Crippen LogP contribution < -0.4 is 14.4 Å². The van der Waals surface area contributed by atoms with Gasteiger partial charge < -0.3 is 15.0 Å². The van der Waals surface area contributed by atoms with Crippen LogP contribution in [0.25, 0.3) is 0 Å². The van der Waals surface area contributed by atoms with Gasteiger partial charge in [-0.3, -0.25) is 13.9 Å². The highest BCUT2D eigenvalue weighted by molar-refractivity contribution is 7.92. The summed E-state index contributed by atoms with van der Waals surface area (Å²) < 4.78 is 48.3. The van der Waals surface area contributed by atoms with Crippen LogP contribution in [0.3, 0.4) is 0 Å². The molecule has 1 aliphatic rings. The molecule has 0 bridgehead atoms. The molecular weight excluding hydrogens is 605 g/mol. The molecule has 5 rings (SSSR count). The van der Waals surface area contributed by atoms with E-state index in [-0.39, 0.29) is 29.8 Å². The number of rotatable bonds is 13. The molecule has 1 saturated carbocycles. The van der Waals surface area contributed by atoms with Crippen LogP contribution in [0.1, 0.15) is 36.8 Å². The summed E-state index contributed by atoms with van der Waals surface area (Å²) in [5.74, 6) is -0.825. The van der Waals surface area contributed by atoms with Crippen LogP contribution in [0.5, 0.6) is 5.75 Å². The zero-order valence-corrected chi connectivity index (χ0v) is 26.5. The number of hydrogen-bond donors (Lipinski definition) is 1. The van der Waals surface area contributed by atoms with Gasteiger partial charge >= 0.3 is 0 Å². The fraction of sp³-hybridized carbons (Fsp3) is 0.278. The number of sulfonamides is 1. The number of amides is 2. The molecule has 0 aromatic heterocycles. The van der Waals surface area contributed by atoms with E-state index in [1.54, 1.807) is 54.6 Å². The Hall–Kier alpha value is -4.70.